The van der Waals surface area contributed by atoms with Crippen LogP contribution in [0.4, 0.5) is 0 Å². The molecular weight excluding hydrogens is 651 g/mol. The number of rotatable bonds is 44. The third kappa shape index (κ3) is 41.9. The third-order valence-corrected chi connectivity index (χ3v) is 11.2. The van der Waals surface area contributed by atoms with Gasteiger partial charge in [-0.3, -0.25) is 4.79 Å². The van der Waals surface area contributed by atoms with Gasteiger partial charge in [-0.05, 0) is 32.1 Å². The fourth-order valence-electron chi connectivity index (χ4n) is 7.49. The molecule has 0 heterocycles. The molecule has 0 rings (SSSR count). The van der Waals surface area contributed by atoms with Crippen molar-refractivity contribution in [3.8, 4) is 0 Å². The van der Waals surface area contributed by atoms with Gasteiger partial charge in [-0.2, -0.15) is 0 Å². The Hall–Kier alpha value is -1.13. The summed E-state index contributed by atoms with van der Waals surface area (Å²) in [6, 6.07) is -0.635. The largest absolute Gasteiger partial charge is 0.394 e. The fraction of sp³-hybridized carbons (Fsp3) is 0.898. The fourth-order valence-corrected chi connectivity index (χ4v) is 7.49. The van der Waals surface area contributed by atoms with Gasteiger partial charge in [0.25, 0.3) is 0 Å². The number of unbranched alkanes of at least 4 members (excludes halogenated alkanes) is 35. The summed E-state index contributed by atoms with van der Waals surface area (Å²) in [6.07, 6.45) is 58.8. The van der Waals surface area contributed by atoms with E-state index in [-0.39, 0.29) is 12.5 Å². The van der Waals surface area contributed by atoms with Crippen molar-refractivity contribution in [3.63, 3.8) is 0 Å². The van der Waals surface area contributed by atoms with E-state index < -0.39 is 12.1 Å². The summed E-state index contributed by atoms with van der Waals surface area (Å²) < 4.78 is 0. The van der Waals surface area contributed by atoms with E-state index in [4.69, 9.17) is 0 Å². The number of aliphatic hydroxyl groups excluding tert-OH is 2. The molecule has 4 nitrogen and oxygen atoms in total. The lowest BCUT2D eigenvalue weighted by molar-refractivity contribution is -0.123. The first-order valence-corrected chi connectivity index (χ1v) is 24.1. The van der Waals surface area contributed by atoms with Crippen molar-refractivity contribution in [2.24, 2.45) is 0 Å². The molecule has 0 aromatic rings. The van der Waals surface area contributed by atoms with Crippen LogP contribution in [0.1, 0.15) is 264 Å². The third-order valence-electron chi connectivity index (χ3n) is 11.2. The minimum Gasteiger partial charge on any atom is -0.394 e. The van der Waals surface area contributed by atoms with Gasteiger partial charge in [0, 0.05) is 6.42 Å². The van der Waals surface area contributed by atoms with Gasteiger partial charge in [-0.15, -0.1) is 0 Å². The maximum atomic E-state index is 12.4. The molecule has 0 aromatic carbocycles. The van der Waals surface area contributed by atoms with E-state index in [1.54, 1.807) is 6.08 Å². The second-order valence-electron chi connectivity index (χ2n) is 16.5. The van der Waals surface area contributed by atoms with Crippen LogP contribution < -0.4 is 5.32 Å². The molecule has 0 radical (unpaired) electrons. The number of hydrogen-bond donors (Lipinski definition) is 3. The highest BCUT2D eigenvalue weighted by Crippen LogP contribution is 2.16. The monoisotopic (exact) mass is 746 g/mol. The zero-order valence-corrected chi connectivity index (χ0v) is 36.1. The van der Waals surface area contributed by atoms with Crippen molar-refractivity contribution in [2.45, 2.75) is 276 Å². The Balaban J connectivity index is 3.54. The van der Waals surface area contributed by atoms with Gasteiger partial charge in [0.15, 0.2) is 0 Å². The molecule has 2 atom stereocenters. The maximum Gasteiger partial charge on any atom is 0.220 e. The highest BCUT2D eigenvalue weighted by Gasteiger charge is 2.17. The molecule has 0 aliphatic heterocycles. The Morgan fingerprint density at radius 3 is 1.09 bits per heavy atom. The van der Waals surface area contributed by atoms with E-state index >= 15 is 0 Å². The summed E-state index contributed by atoms with van der Waals surface area (Å²) in [4.78, 5) is 12.4. The topological polar surface area (TPSA) is 69.6 Å². The number of hydrogen-bond acceptors (Lipinski definition) is 3. The van der Waals surface area contributed by atoms with Crippen molar-refractivity contribution in [1.82, 2.24) is 5.32 Å². The van der Waals surface area contributed by atoms with Crippen LogP contribution in [0, 0.1) is 0 Å². The zero-order chi connectivity index (χ0) is 38.6. The normalized spacial score (nSPS) is 13.1. The van der Waals surface area contributed by atoms with Crippen molar-refractivity contribution >= 4 is 5.91 Å². The van der Waals surface area contributed by atoms with Gasteiger partial charge < -0.3 is 15.5 Å². The van der Waals surface area contributed by atoms with E-state index in [0.717, 1.165) is 32.1 Å². The highest BCUT2D eigenvalue weighted by molar-refractivity contribution is 5.76. The van der Waals surface area contributed by atoms with Crippen LogP contribution in [-0.2, 0) is 4.79 Å². The van der Waals surface area contributed by atoms with Crippen LogP contribution in [0.25, 0.3) is 0 Å². The molecule has 0 aromatic heterocycles. The molecule has 0 saturated carbocycles. The molecule has 2 unspecified atom stereocenters. The van der Waals surface area contributed by atoms with Gasteiger partial charge >= 0.3 is 0 Å². The second kappa shape index (κ2) is 45.3. The second-order valence-corrected chi connectivity index (χ2v) is 16.5. The summed E-state index contributed by atoms with van der Waals surface area (Å²) in [5.74, 6) is -0.0688. The van der Waals surface area contributed by atoms with Crippen molar-refractivity contribution in [3.05, 3.63) is 24.3 Å². The smallest absolute Gasteiger partial charge is 0.220 e. The Bertz CT molecular complexity index is 765. The molecule has 0 aliphatic carbocycles. The molecule has 0 saturated heterocycles. The number of nitrogens with one attached hydrogen (secondary N) is 1. The van der Waals surface area contributed by atoms with Crippen molar-refractivity contribution < 1.29 is 15.0 Å². The number of aliphatic hydroxyl groups is 2. The lowest BCUT2D eigenvalue weighted by Gasteiger charge is -2.19. The Morgan fingerprint density at radius 1 is 0.434 bits per heavy atom. The van der Waals surface area contributed by atoms with Gasteiger partial charge in [-0.1, -0.05) is 250 Å². The minimum absolute atomic E-state index is 0.0688. The van der Waals surface area contributed by atoms with Crippen molar-refractivity contribution in [1.29, 1.82) is 0 Å². The molecule has 3 N–H and O–H groups in total. The van der Waals surface area contributed by atoms with Gasteiger partial charge in [0.2, 0.25) is 5.91 Å². The minimum atomic E-state index is -0.858. The standard InChI is InChI=1S/C49H95NO3/c1-3-5-7-9-11-13-15-17-19-21-23-25-27-29-31-33-35-37-39-41-43-45-49(53)50-47(46-51)48(52)44-42-40-38-36-34-32-30-28-26-24-22-20-18-16-14-12-10-8-6-4-2/h34,36,42,44,47-48,51-52H,3-33,35,37-41,43,45-46H2,1-2H3,(H,50,53)/b36-34+,44-42+. The SMILES string of the molecule is CCCCCCCCCCCCCCCC/C=C/CC/C=C/C(O)C(CO)NC(=O)CCCCCCCCCCCCCCCCCCCCCCC. The van der Waals surface area contributed by atoms with Gasteiger partial charge in [0.05, 0.1) is 18.8 Å². The predicted molar refractivity (Wildman–Crippen MR) is 235 cm³/mol. The molecule has 0 aliphatic rings. The van der Waals surface area contributed by atoms with Crippen LogP contribution in [-0.4, -0.2) is 34.9 Å². The zero-order valence-electron chi connectivity index (χ0n) is 36.1. The molecule has 0 fully saturated rings. The van der Waals surface area contributed by atoms with Crippen LogP contribution in [0.3, 0.4) is 0 Å². The summed E-state index contributed by atoms with van der Waals surface area (Å²) in [7, 11) is 0. The van der Waals surface area contributed by atoms with Crippen LogP contribution in [0.15, 0.2) is 24.3 Å². The molecule has 0 spiro atoms. The quantitative estimate of drug-likeness (QED) is 0.0430. The average molecular weight is 746 g/mol. The molecular formula is C49H95NO3. The molecule has 53 heavy (non-hydrogen) atoms. The lowest BCUT2D eigenvalue weighted by atomic mass is 10.0. The Kier molecular flexibility index (Phi) is 44.3. The van der Waals surface area contributed by atoms with E-state index in [0.29, 0.717) is 6.42 Å². The summed E-state index contributed by atoms with van der Waals surface area (Å²) >= 11 is 0. The molecule has 4 heteroatoms. The average Bonchev–Trinajstić information content (AvgIpc) is 3.16. The first kappa shape index (κ1) is 51.9. The number of amides is 1. The van der Waals surface area contributed by atoms with Crippen molar-refractivity contribution in [2.75, 3.05) is 6.61 Å². The summed E-state index contributed by atoms with van der Waals surface area (Å²) in [5.41, 5.74) is 0. The first-order chi connectivity index (χ1) is 26.2. The van der Waals surface area contributed by atoms with Crippen LogP contribution in [0.2, 0.25) is 0 Å². The molecule has 1 amide bonds. The first-order valence-electron chi connectivity index (χ1n) is 24.1. The van der Waals surface area contributed by atoms with E-state index in [9.17, 15) is 15.0 Å². The predicted octanol–water partition coefficient (Wildman–Crippen LogP) is 15.2. The number of carbonyl (C=O) groups is 1. The summed E-state index contributed by atoms with van der Waals surface area (Å²) in [6.45, 7) is 4.32. The highest BCUT2D eigenvalue weighted by atomic mass is 16.3. The lowest BCUT2D eigenvalue weighted by Crippen LogP contribution is -2.45. The van der Waals surface area contributed by atoms with Gasteiger partial charge in [-0.25, -0.2) is 0 Å². The van der Waals surface area contributed by atoms with Gasteiger partial charge in [0.1, 0.15) is 0 Å². The van der Waals surface area contributed by atoms with Crippen LogP contribution in [0.5, 0.6) is 0 Å². The molecule has 314 valence electrons. The van der Waals surface area contributed by atoms with Crippen LogP contribution >= 0.6 is 0 Å². The summed E-state index contributed by atoms with van der Waals surface area (Å²) in [5, 5.41) is 23.1. The van der Waals surface area contributed by atoms with E-state index in [2.05, 4.69) is 31.3 Å². The Morgan fingerprint density at radius 2 is 0.736 bits per heavy atom. The van der Waals surface area contributed by atoms with E-state index in [1.165, 1.54) is 212 Å². The number of carbonyl (C=O) groups excluding carboxylic acids is 1. The van der Waals surface area contributed by atoms with E-state index in [1.807, 2.05) is 6.08 Å². The Labute approximate surface area is 332 Å². The maximum absolute atomic E-state index is 12.4. The molecule has 0 bridgehead atoms. The number of allylic oxidation sites excluding steroid dienone is 3.